The van der Waals surface area contributed by atoms with Crippen LogP contribution < -0.4 is 14.8 Å². The number of imidazole rings is 1. The summed E-state index contributed by atoms with van der Waals surface area (Å²) < 4.78 is 12.3. The molecular weight excluding hydrogens is 314 g/mol. The van der Waals surface area contributed by atoms with Gasteiger partial charge in [0.2, 0.25) is 5.91 Å². The smallest absolute Gasteiger partial charge is 0.248 e. The summed E-state index contributed by atoms with van der Waals surface area (Å²) in [7, 11) is 3.12. The number of rotatable bonds is 5. The molecule has 23 heavy (non-hydrogen) atoms. The number of aromatic nitrogens is 2. The van der Waals surface area contributed by atoms with E-state index in [1.807, 2.05) is 16.0 Å². The van der Waals surface area contributed by atoms with Gasteiger partial charge in [-0.3, -0.25) is 9.20 Å². The quantitative estimate of drug-likeness (QED) is 0.731. The Hall–Kier alpha value is -2.80. The lowest BCUT2D eigenvalue weighted by Gasteiger charge is -2.10. The number of anilines is 1. The van der Waals surface area contributed by atoms with Crippen molar-refractivity contribution in [2.45, 2.75) is 0 Å². The van der Waals surface area contributed by atoms with E-state index in [9.17, 15) is 4.79 Å². The van der Waals surface area contributed by atoms with Crippen molar-refractivity contribution in [2.75, 3.05) is 19.5 Å². The zero-order valence-electron chi connectivity index (χ0n) is 12.6. The van der Waals surface area contributed by atoms with Crippen LogP contribution in [0.15, 0.2) is 42.0 Å². The standard InChI is InChI=1S/C16H15N3O3S/c1-21-12-4-5-14(22-2)13(9-12)18-15(20)6-3-11-10-17-16-19(11)7-8-23-16/h3-10H,1-2H3,(H,18,20)/b6-3+. The molecule has 0 aliphatic rings. The van der Waals surface area contributed by atoms with Crippen LogP contribution in [0, 0.1) is 0 Å². The Morgan fingerprint density at radius 2 is 2.22 bits per heavy atom. The summed E-state index contributed by atoms with van der Waals surface area (Å²) in [5.74, 6) is 0.944. The Morgan fingerprint density at radius 1 is 1.35 bits per heavy atom. The summed E-state index contributed by atoms with van der Waals surface area (Å²) in [6.07, 6.45) is 6.81. The highest BCUT2D eigenvalue weighted by Gasteiger charge is 2.08. The topological polar surface area (TPSA) is 64.9 Å². The molecule has 0 fully saturated rings. The van der Waals surface area contributed by atoms with E-state index in [1.54, 1.807) is 56.0 Å². The van der Waals surface area contributed by atoms with Gasteiger partial charge in [0.1, 0.15) is 11.5 Å². The lowest BCUT2D eigenvalue weighted by Crippen LogP contribution is -2.09. The molecule has 0 aliphatic carbocycles. The van der Waals surface area contributed by atoms with Gasteiger partial charge in [-0.2, -0.15) is 0 Å². The van der Waals surface area contributed by atoms with E-state index < -0.39 is 0 Å². The number of methoxy groups -OCH3 is 2. The number of nitrogens with zero attached hydrogens (tertiary/aromatic N) is 2. The molecule has 6 nitrogen and oxygen atoms in total. The van der Waals surface area contributed by atoms with Crippen LogP contribution in [-0.2, 0) is 4.79 Å². The van der Waals surface area contributed by atoms with E-state index in [0.29, 0.717) is 17.2 Å². The Kier molecular flexibility index (Phi) is 4.29. The van der Waals surface area contributed by atoms with Crippen LogP contribution in [-0.4, -0.2) is 29.5 Å². The zero-order chi connectivity index (χ0) is 16.2. The first-order valence-electron chi connectivity index (χ1n) is 6.83. The van der Waals surface area contributed by atoms with Gasteiger partial charge in [0.25, 0.3) is 0 Å². The van der Waals surface area contributed by atoms with Crippen molar-refractivity contribution in [1.82, 2.24) is 9.38 Å². The van der Waals surface area contributed by atoms with Crippen LogP contribution in [0.5, 0.6) is 11.5 Å². The second kappa shape index (κ2) is 6.53. The molecule has 2 heterocycles. The molecule has 3 rings (SSSR count). The largest absolute Gasteiger partial charge is 0.497 e. The second-order valence-corrected chi connectivity index (χ2v) is 5.50. The first-order valence-corrected chi connectivity index (χ1v) is 7.71. The molecule has 0 radical (unpaired) electrons. The molecule has 0 aliphatic heterocycles. The molecule has 1 aromatic carbocycles. The van der Waals surface area contributed by atoms with Gasteiger partial charge in [0, 0.05) is 23.7 Å². The van der Waals surface area contributed by atoms with Gasteiger partial charge in [0.15, 0.2) is 4.96 Å². The number of benzene rings is 1. The highest BCUT2D eigenvalue weighted by Crippen LogP contribution is 2.28. The Bertz CT molecular complexity index is 866. The Labute approximate surface area is 137 Å². The van der Waals surface area contributed by atoms with Crippen LogP contribution >= 0.6 is 11.3 Å². The molecule has 0 bridgehead atoms. The fourth-order valence-corrected chi connectivity index (χ4v) is 2.81. The van der Waals surface area contributed by atoms with E-state index in [-0.39, 0.29) is 5.91 Å². The van der Waals surface area contributed by atoms with Crippen molar-refractivity contribution in [1.29, 1.82) is 0 Å². The number of carbonyl (C=O) groups excluding carboxylic acids is 1. The molecule has 3 aromatic rings. The Morgan fingerprint density at radius 3 is 3.00 bits per heavy atom. The number of nitrogens with one attached hydrogen (secondary N) is 1. The monoisotopic (exact) mass is 329 g/mol. The number of ether oxygens (including phenoxy) is 2. The highest BCUT2D eigenvalue weighted by atomic mass is 32.1. The fraction of sp³-hybridized carbons (Fsp3) is 0.125. The van der Waals surface area contributed by atoms with Crippen molar-refractivity contribution in [3.05, 3.63) is 47.7 Å². The molecule has 2 aromatic heterocycles. The molecule has 1 N–H and O–H groups in total. The van der Waals surface area contributed by atoms with Gasteiger partial charge in [-0.15, -0.1) is 11.3 Å². The third-order valence-corrected chi connectivity index (χ3v) is 4.02. The van der Waals surface area contributed by atoms with E-state index in [2.05, 4.69) is 10.3 Å². The Balaban J connectivity index is 1.77. The van der Waals surface area contributed by atoms with Gasteiger partial charge in [-0.1, -0.05) is 0 Å². The molecule has 1 amide bonds. The van der Waals surface area contributed by atoms with Gasteiger partial charge in [-0.05, 0) is 18.2 Å². The van der Waals surface area contributed by atoms with Crippen molar-refractivity contribution >= 4 is 34.0 Å². The second-order valence-electron chi connectivity index (χ2n) is 4.63. The number of amides is 1. The maximum Gasteiger partial charge on any atom is 0.248 e. The van der Waals surface area contributed by atoms with Crippen molar-refractivity contribution in [3.8, 4) is 11.5 Å². The summed E-state index contributed by atoms with van der Waals surface area (Å²) in [4.78, 5) is 17.3. The van der Waals surface area contributed by atoms with Gasteiger partial charge < -0.3 is 14.8 Å². The van der Waals surface area contributed by atoms with Crippen molar-refractivity contribution < 1.29 is 14.3 Å². The molecule has 7 heteroatoms. The van der Waals surface area contributed by atoms with E-state index >= 15 is 0 Å². The maximum atomic E-state index is 12.1. The molecule has 118 valence electrons. The van der Waals surface area contributed by atoms with Crippen LogP contribution in [0.3, 0.4) is 0 Å². The average molecular weight is 329 g/mol. The van der Waals surface area contributed by atoms with Crippen molar-refractivity contribution in [2.24, 2.45) is 0 Å². The van der Waals surface area contributed by atoms with Gasteiger partial charge in [0.05, 0.1) is 31.8 Å². The van der Waals surface area contributed by atoms with Gasteiger partial charge in [-0.25, -0.2) is 4.98 Å². The maximum absolute atomic E-state index is 12.1. The number of hydrogen-bond acceptors (Lipinski definition) is 5. The first-order chi connectivity index (χ1) is 11.2. The average Bonchev–Trinajstić information content (AvgIpc) is 3.16. The number of hydrogen-bond donors (Lipinski definition) is 1. The van der Waals surface area contributed by atoms with E-state index in [1.165, 1.54) is 6.08 Å². The van der Waals surface area contributed by atoms with Crippen LogP contribution in [0.4, 0.5) is 5.69 Å². The predicted molar refractivity (Wildman–Crippen MR) is 90.3 cm³/mol. The fourth-order valence-electron chi connectivity index (χ4n) is 2.12. The minimum absolute atomic E-state index is 0.262. The zero-order valence-corrected chi connectivity index (χ0v) is 13.5. The summed E-state index contributed by atoms with van der Waals surface area (Å²) in [6, 6.07) is 5.22. The van der Waals surface area contributed by atoms with Crippen LogP contribution in [0.25, 0.3) is 11.0 Å². The van der Waals surface area contributed by atoms with Crippen molar-refractivity contribution in [3.63, 3.8) is 0 Å². The molecule has 0 saturated carbocycles. The lowest BCUT2D eigenvalue weighted by molar-refractivity contribution is -0.111. The number of thiazole rings is 1. The minimum atomic E-state index is -0.262. The number of carbonyl (C=O) groups is 1. The number of fused-ring (bicyclic) bond motifs is 1. The first kappa shape index (κ1) is 15.1. The van der Waals surface area contributed by atoms with Gasteiger partial charge >= 0.3 is 0 Å². The molecule has 0 spiro atoms. The SMILES string of the molecule is COc1ccc(OC)c(NC(=O)/C=C/c2cnc3sccn23)c1. The van der Waals surface area contributed by atoms with Crippen LogP contribution in [0.2, 0.25) is 0 Å². The summed E-state index contributed by atoms with van der Waals surface area (Å²) in [5.41, 5.74) is 1.39. The summed E-state index contributed by atoms with van der Waals surface area (Å²) in [5, 5.41) is 4.73. The molecule has 0 saturated heterocycles. The third-order valence-electron chi connectivity index (χ3n) is 3.24. The summed E-state index contributed by atoms with van der Waals surface area (Å²) >= 11 is 1.54. The normalized spacial score (nSPS) is 11.0. The highest BCUT2D eigenvalue weighted by molar-refractivity contribution is 7.15. The minimum Gasteiger partial charge on any atom is -0.497 e. The predicted octanol–water partition coefficient (Wildman–Crippen LogP) is 3.06. The molecular formula is C16H15N3O3S. The molecule has 0 atom stereocenters. The molecule has 0 unspecified atom stereocenters. The van der Waals surface area contributed by atoms with Crippen LogP contribution in [0.1, 0.15) is 5.69 Å². The van der Waals surface area contributed by atoms with E-state index in [4.69, 9.17) is 9.47 Å². The lowest BCUT2D eigenvalue weighted by atomic mass is 10.2. The van der Waals surface area contributed by atoms with E-state index in [0.717, 1.165) is 10.7 Å². The summed E-state index contributed by atoms with van der Waals surface area (Å²) in [6.45, 7) is 0. The third kappa shape index (κ3) is 3.19.